The lowest BCUT2D eigenvalue weighted by molar-refractivity contribution is 0.341. The Morgan fingerprint density at radius 1 is 1.10 bits per heavy atom. The standard InChI is InChI=1S/C19H23N5O4S/c1-27-17-10-15-16(11-18(17)28-2)20-13-21-19(15)23-8-4-14(5-9-23)12-24-7-3-6-22-29(24,25)26/h3,6-7,10-11,13-14H,4-5,8-9,12H2,1-2H3. The zero-order chi connectivity index (χ0) is 20.4. The number of benzene rings is 1. The van der Waals surface area contributed by atoms with Gasteiger partial charge in [0.2, 0.25) is 0 Å². The number of fused-ring (bicyclic) bond motifs is 1. The molecule has 1 fully saturated rings. The zero-order valence-corrected chi connectivity index (χ0v) is 17.2. The summed E-state index contributed by atoms with van der Waals surface area (Å²) in [6.45, 7) is 2.01. The Balaban J connectivity index is 1.51. The van der Waals surface area contributed by atoms with Gasteiger partial charge in [0, 0.05) is 43.5 Å². The number of nitrogens with zero attached hydrogens (tertiary/aromatic N) is 5. The first kappa shape index (κ1) is 19.4. The predicted octanol–water partition coefficient (Wildman–Crippen LogP) is 2.01. The molecule has 1 aromatic carbocycles. The Hall–Kier alpha value is -2.88. The number of anilines is 1. The van der Waals surface area contributed by atoms with E-state index < -0.39 is 10.2 Å². The fourth-order valence-corrected chi connectivity index (χ4v) is 4.71. The van der Waals surface area contributed by atoms with Crippen LogP contribution in [0.15, 0.2) is 35.1 Å². The summed E-state index contributed by atoms with van der Waals surface area (Å²) < 4.78 is 39.7. The molecule has 0 atom stereocenters. The van der Waals surface area contributed by atoms with E-state index in [-0.39, 0.29) is 5.92 Å². The smallest absolute Gasteiger partial charge is 0.344 e. The minimum atomic E-state index is -3.58. The van der Waals surface area contributed by atoms with E-state index in [0.29, 0.717) is 18.0 Å². The molecule has 2 aliphatic heterocycles. The summed E-state index contributed by atoms with van der Waals surface area (Å²) in [5.41, 5.74) is 0.789. The number of ether oxygens (including phenoxy) is 2. The molecular formula is C19H23N5O4S. The van der Waals surface area contributed by atoms with Crippen molar-refractivity contribution in [1.29, 1.82) is 0 Å². The lowest BCUT2D eigenvalue weighted by atomic mass is 9.96. The second kappa shape index (κ2) is 7.86. The van der Waals surface area contributed by atoms with E-state index in [4.69, 9.17) is 9.47 Å². The molecule has 2 aromatic rings. The average Bonchev–Trinajstić information content (AvgIpc) is 2.74. The zero-order valence-electron chi connectivity index (χ0n) is 16.4. The highest BCUT2D eigenvalue weighted by atomic mass is 32.2. The predicted molar refractivity (Wildman–Crippen MR) is 111 cm³/mol. The second-order valence-electron chi connectivity index (χ2n) is 7.00. The van der Waals surface area contributed by atoms with Crippen LogP contribution in [0.4, 0.5) is 5.82 Å². The monoisotopic (exact) mass is 417 g/mol. The summed E-state index contributed by atoms with van der Waals surface area (Å²) in [4.78, 5) is 11.1. The van der Waals surface area contributed by atoms with Crippen LogP contribution in [-0.2, 0) is 10.2 Å². The minimum absolute atomic E-state index is 0.265. The molecule has 0 radical (unpaired) electrons. The van der Waals surface area contributed by atoms with E-state index in [0.717, 1.165) is 42.7 Å². The van der Waals surface area contributed by atoms with Gasteiger partial charge in [-0.25, -0.2) is 9.97 Å². The highest BCUT2D eigenvalue weighted by Gasteiger charge is 2.27. The Bertz CT molecular complexity index is 1060. The van der Waals surface area contributed by atoms with Crippen molar-refractivity contribution in [3.8, 4) is 11.5 Å². The molecule has 29 heavy (non-hydrogen) atoms. The molecule has 0 spiro atoms. The number of hydrogen-bond donors (Lipinski definition) is 0. The maximum absolute atomic E-state index is 12.0. The number of rotatable bonds is 5. The largest absolute Gasteiger partial charge is 0.493 e. The molecule has 154 valence electrons. The van der Waals surface area contributed by atoms with E-state index in [1.807, 2.05) is 12.1 Å². The minimum Gasteiger partial charge on any atom is -0.493 e. The van der Waals surface area contributed by atoms with E-state index in [1.165, 1.54) is 10.5 Å². The van der Waals surface area contributed by atoms with Crippen molar-refractivity contribution in [2.24, 2.45) is 10.3 Å². The molecule has 1 aromatic heterocycles. The van der Waals surface area contributed by atoms with Crippen LogP contribution in [0.3, 0.4) is 0 Å². The van der Waals surface area contributed by atoms with Gasteiger partial charge in [-0.15, -0.1) is 0 Å². The third-order valence-electron chi connectivity index (χ3n) is 5.30. The van der Waals surface area contributed by atoms with Crippen molar-refractivity contribution in [3.63, 3.8) is 0 Å². The lowest BCUT2D eigenvalue weighted by Crippen LogP contribution is -2.39. The second-order valence-corrected chi connectivity index (χ2v) is 8.57. The molecule has 10 heteroatoms. The molecule has 9 nitrogen and oxygen atoms in total. The molecule has 0 amide bonds. The van der Waals surface area contributed by atoms with Crippen molar-refractivity contribution in [3.05, 3.63) is 30.7 Å². The van der Waals surface area contributed by atoms with E-state index in [9.17, 15) is 8.42 Å². The summed E-state index contributed by atoms with van der Waals surface area (Å²) in [5, 5.41) is 0.902. The number of piperidine rings is 1. The summed E-state index contributed by atoms with van der Waals surface area (Å²) in [6.07, 6.45) is 7.80. The van der Waals surface area contributed by atoms with Gasteiger partial charge in [-0.05, 0) is 30.9 Å². The molecule has 0 saturated carbocycles. The van der Waals surface area contributed by atoms with Crippen LogP contribution >= 0.6 is 0 Å². The Morgan fingerprint density at radius 2 is 1.83 bits per heavy atom. The van der Waals surface area contributed by atoms with Gasteiger partial charge < -0.3 is 14.4 Å². The molecule has 4 rings (SSSR count). The molecule has 0 bridgehead atoms. The maximum Gasteiger partial charge on any atom is 0.344 e. The van der Waals surface area contributed by atoms with Gasteiger partial charge in [0.15, 0.2) is 11.5 Å². The van der Waals surface area contributed by atoms with Crippen molar-refractivity contribution in [2.45, 2.75) is 12.8 Å². The van der Waals surface area contributed by atoms with Gasteiger partial charge in [0.1, 0.15) is 12.1 Å². The average molecular weight is 417 g/mol. The molecule has 1 saturated heterocycles. The van der Waals surface area contributed by atoms with Crippen LogP contribution in [0.1, 0.15) is 12.8 Å². The molecule has 3 heterocycles. The normalized spacial score (nSPS) is 19.0. The summed E-state index contributed by atoms with van der Waals surface area (Å²) >= 11 is 0. The van der Waals surface area contributed by atoms with Crippen LogP contribution in [0, 0.1) is 5.92 Å². The number of hydrogen-bond acceptors (Lipinski definition) is 7. The quantitative estimate of drug-likeness (QED) is 0.734. The Labute approximate surface area is 169 Å². The first-order valence-electron chi connectivity index (χ1n) is 9.37. The van der Waals surface area contributed by atoms with Crippen molar-refractivity contribution >= 4 is 33.1 Å². The van der Waals surface area contributed by atoms with Crippen molar-refractivity contribution in [2.75, 3.05) is 38.8 Å². The van der Waals surface area contributed by atoms with Gasteiger partial charge in [-0.1, -0.05) is 0 Å². The summed E-state index contributed by atoms with van der Waals surface area (Å²) in [5.74, 6) is 2.38. The van der Waals surface area contributed by atoms with E-state index in [1.54, 1.807) is 32.8 Å². The van der Waals surface area contributed by atoms with Gasteiger partial charge >= 0.3 is 10.2 Å². The molecule has 2 aliphatic rings. The molecule has 0 N–H and O–H groups in total. The fraction of sp³-hybridized carbons (Fsp3) is 0.421. The van der Waals surface area contributed by atoms with Crippen LogP contribution in [0.25, 0.3) is 10.9 Å². The summed E-state index contributed by atoms with van der Waals surface area (Å²) in [7, 11) is -0.376. The lowest BCUT2D eigenvalue weighted by Gasteiger charge is -2.35. The number of aromatic nitrogens is 2. The molecule has 0 unspecified atom stereocenters. The van der Waals surface area contributed by atoms with Gasteiger partial charge in [-0.3, -0.25) is 4.31 Å². The first-order chi connectivity index (χ1) is 14.0. The Kier molecular flexibility index (Phi) is 5.27. The third-order valence-corrected chi connectivity index (χ3v) is 6.55. The highest BCUT2D eigenvalue weighted by Crippen LogP contribution is 2.35. The van der Waals surface area contributed by atoms with E-state index in [2.05, 4.69) is 19.3 Å². The van der Waals surface area contributed by atoms with Gasteiger partial charge in [0.05, 0.1) is 19.7 Å². The highest BCUT2D eigenvalue weighted by molar-refractivity contribution is 7.88. The Morgan fingerprint density at radius 3 is 2.52 bits per heavy atom. The number of allylic oxidation sites excluding steroid dienone is 1. The van der Waals surface area contributed by atoms with E-state index >= 15 is 0 Å². The van der Waals surface area contributed by atoms with Crippen LogP contribution in [0.5, 0.6) is 11.5 Å². The molecule has 0 aliphatic carbocycles. The van der Waals surface area contributed by atoms with Crippen LogP contribution in [-0.4, -0.2) is 62.8 Å². The molecular weight excluding hydrogens is 394 g/mol. The first-order valence-corrected chi connectivity index (χ1v) is 10.8. The van der Waals surface area contributed by atoms with Crippen molar-refractivity contribution in [1.82, 2.24) is 14.3 Å². The topological polar surface area (TPSA) is 97.2 Å². The fourth-order valence-electron chi connectivity index (χ4n) is 3.74. The van der Waals surface area contributed by atoms with Crippen LogP contribution in [0.2, 0.25) is 0 Å². The SMILES string of the molecule is COc1cc2ncnc(N3CCC(CN4C=CC=NS4(=O)=O)CC3)c2cc1OC. The third kappa shape index (κ3) is 3.84. The van der Waals surface area contributed by atoms with Gasteiger partial charge in [-0.2, -0.15) is 12.8 Å². The van der Waals surface area contributed by atoms with Gasteiger partial charge in [0.25, 0.3) is 0 Å². The number of methoxy groups -OCH3 is 2. The van der Waals surface area contributed by atoms with Crippen LogP contribution < -0.4 is 14.4 Å². The van der Waals surface area contributed by atoms with Crippen molar-refractivity contribution < 1.29 is 17.9 Å². The summed E-state index contributed by atoms with van der Waals surface area (Å²) in [6, 6.07) is 3.75. The maximum atomic E-state index is 12.0.